The van der Waals surface area contributed by atoms with Gasteiger partial charge in [0.2, 0.25) is 0 Å². The lowest BCUT2D eigenvalue weighted by Gasteiger charge is -2.16. The van der Waals surface area contributed by atoms with Crippen LogP contribution in [0.3, 0.4) is 0 Å². The van der Waals surface area contributed by atoms with E-state index < -0.39 is 0 Å². The Hall–Kier alpha value is -2.34. The van der Waals surface area contributed by atoms with E-state index in [-0.39, 0.29) is 5.41 Å². The molecule has 0 amide bonds. The third-order valence-electron chi connectivity index (χ3n) is 4.27. The Balaban J connectivity index is 1.83. The molecular formula is C22H22. The summed E-state index contributed by atoms with van der Waals surface area (Å²) in [7, 11) is 0. The van der Waals surface area contributed by atoms with E-state index in [9.17, 15) is 0 Å². The van der Waals surface area contributed by atoms with Gasteiger partial charge in [0.05, 0.1) is 0 Å². The molecule has 0 saturated heterocycles. The van der Waals surface area contributed by atoms with Crippen LogP contribution in [0.4, 0.5) is 0 Å². The minimum atomic E-state index is -0.0282. The molecule has 1 aromatic carbocycles. The zero-order chi connectivity index (χ0) is 15.4. The second kappa shape index (κ2) is 6.19. The molecular weight excluding hydrogens is 264 g/mol. The monoisotopic (exact) mass is 286 g/mol. The molecule has 0 aliphatic heterocycles. The van der Waals surface area contributed by atoms with Crippen LogP contribution in [0.1, 0.15) is 25.0 Å². The van der Waals surface area contributed by atoms with Gasteiger partial charge < -0.3 is 0 Å². The number of benzene rings is 1. The molecule has 0 heteroatoms. The van der Waals surface area contributed by atoms with E-state index >= 15 is 0 Å². The molecule has 2 aliphatic carbocycles. The smallest absolute Gasteiger partial charge is 0.0222 e. The van der Waals surface area contributed by atoms with Gasteiger partial charge in [-0.1, -0.05) is 85.0 Å². The van der Waals surface area contributed by atoms with E-state index in [1.807, 2.05) is 19.1 Å². The Morgan fingerprint density at radius 1 is 0.955 bits per heavy atom. The molecule has 1 unspecified atom stereocenters. The van der Waals surface area contributed by atoms with Gasteiger partial charge in [0.25, 0.3) is 0 Å². The molecule has 3 rings (SSSR count). The zero-order valence-corrected chi connectivity index (χ0v) is 13.3. The SMILES string of the molecule is CC=CC=CC=CC1(C)C=CC2=C(C=C1)c1ccccc1C2. The molecule has 110 valence electrons. The first-order valence-electron chi connectivity index (χ1n) is 7.89. The maximum Gasteiger partial charge on any atom is 0.0222 e. The Morgan fingerprint density at radius 2 is 1.73 bits per heavy atom. The average Bonchev–Trinajstić information content (AvgIpc) is 2.80. The van der Waals surface area contributed by atoms with Crippen molar-refractivity contribution in [3.8, 4) is 0 Å². The zero-order valence-electron chi connectivity index (χ0n) is 13.3. The summed E-state index contributed by atoms with van der Waals surface area (Å²) in [6.45, 7) is 4.27. The second-order valence-corrected chi connectivity index (χ2v) is 6.08. The Morgan fingerprint density at radius 3 is 2.59 bits per heavy atom. The van der Waals surface area contributed by atoms with Crippen molar-refractivity contribution in [3.05, 3.63) is 102 Å². The third kappa shape index (κ3) is 2.96. The van der Waals surface area contributed by atoms with Gasteiger partial charge in [0.15, 0.2) is 0 Å². The minimum Gasteiger partial charge on any atom is -0.0877 e. The van der Waals surface area contributed by atoms with Crippen molar-refractivity contribution in [2.75, 3.05) is 0 Å². The van der Waals surface area contributed by atoms with Gasteiger partial charge in [-0.05, 0) is 42.5 Å². The maximum atomic E-state index is 2.30. The molecule has 22 heavy (non-hydrogen) atoms. The van der Waals surface area contributed by atoms with Crippen LogP contribution < -0.4 is 0 Å². The molecule has 2 aliphatic rings. The van der Waals surface area contributed by atoms with Crippen LogP contribution in [0.5, 0.6) is 0 Å². The molecule has 0 nitrogen and oxygen atoms in total. The normalized spacial score (nSPS) is 23.7. The van der Waals surface area contributed by atoms with E-state index in [0.29, 0.717) is 0 Å². The summed E-state index contributed by atoms with van der Waals surface area (Å²) in [5, 5.41) is 0. The molecule has 0 heterocycles. The summed E-state index contributed by atoms with van der Waals surface area (Å²) < 4.78 is 0. The van der Waals surface area contributed by atoms with Crippen molar-refractivity contribution in [1.82, 2.24) is 0 Å². The van der Waals surface area contributed by atoms with E-state index in [0.717, 1.165) is 6.42 Å². The fourth-order valence-corrected chi connectivity index (χ4v) is 2.97. The van der Waals surface area contributed by atoms with Crippen molar-refractivity contribution in [2.45, 2.75) is 20.3 Å². The lowest BCUT2D eigenvalue weighted by atomic mass is 9.88. The van der Waals surface area contributed by atoms with E-state index in [4.69, 9.17) is 0 Å². The van der Waals surface area contributed by atoms with Crippen molar-refractivity contribution in [3.63, 3.8) is 0 Å². The molecule has 0 N–H and O–H groups in total. The topological polar surface area (TPSA) is 0 Å². The van der Waals surface area contributed by atoms with Crippen molar-refractivity contribution < 1.29 is 0 Å². The summed E-state index contributed by atoms with van der Waals surface area (Å²) >= 11 is 0. The standard InChI is InChI=1S/C22H22/c1-3-4-5-6-9-14-22(2)15-12-19-17-18-10-7-8-11-20(18)21(19)13-16-22/h3-16H,17H2,1-2H3. The highest BCUT2D eigenvalue weighted by molar-refractivity contribution is 5.85. The predicted molar refractivity (Wildman–Crippen MR) is 96.5 cm³/mol. The summed E-state index contributed by atoms with van der Waals surface area (Å²) in [5.41, 5.74) is 5.61. The first-order chi connectivity index (χ1) is 10.7. The summed E-state index contributed by atoms with van der Waals surface area (Å²) in [4.78, 5) is 0. The number of hydrogen-bond acceptors (Lipinski definition) is 0. The lowest BCUT2D eigenvalue weighted by molar-refractivity contribution is 0.717. The Kier molecular flexibility index (Phi) is 4.11. The summed E-state index contributed by atoms with van der Waals surface area (Å²) in [5.74, 6) is 0. The second-order valence-electron chi connectivity index (χ2n) is 6.08. The molecule has 1 aromatic rings. The summed E-state index contributed by atoms with van der Waals surface area (Å²) in [6, 6.07) is 8.72. The molecule has 0 radical (unpaired) electrons. The van der Waals surface area contributed by atoms with E-state index in [1.54, 1.807) is 0 Å². The van der Waals surface area contributed by atoms with Crippen LogP contribution in [-0.2, 0) is 6.42 Å². The molecule has 0 spiro atoms. The van der Waals surface area contributed by atoms with Crippen LogP contribution in [0.15, 0.2) is 90.6 Å². The van der Waals surface area contributed by atoms with Crippen LogP contribution >= 0.6 is 0 Å². The number of rotatable bonds is 3. The first-order valence-corrected chi connectivity index (χ1v) is 7.89. The van der Waals surface area contributed by atoms with E-state index in [1.165, 1.54) is 22.3 Å². The fourth-order valence-electron chi connectivity index (χ4n) is 2.97. The van der Waals surface area contributed by atoms with Crippen LogP contribution in [0.25, 0.3) is 5.57 Å². The van der Waals surface area contributed by atoms with Crippen molar-refractivity contribution in [1.29, 1.82) is 0 Å². The predicted octanol–water partition coefficient (Wildman–Crippen LogP) is 5.82. The lowest BCUT2D eigenvalue weighted by Crippen LogP contribution is -2.04. The van der Waals surface area contributed by atoms with Crippen LogP contribution in [0.2, 0.25) is 0 Å². The first kappa shape index (κ1) is 14.6. The molecule has 0 fully saturated rings. The minimum absolute atomic E-state index is 0.0282. The maximum absolute atomic E-state index is 2.30. The average molecular weight is 286 g/mol. The molecule has 1 atom stereocenters. The third-order valence-corrected chi connectivity index (χ3v) is 4.27. The molecule has 0 aromatic heterocycles. The van der Waals surface area contributed by atoms with Crippen LogP contribution in [-0.4, -0.2) is 0 Å². The highest BCUT2D eigenvalue weighted by atomic mass is 14.3. The quantitative estimate of drug-likeness (QED) is 0.614. The van der Waals surface area contributed by atoms with Gasteiger partial charge in [-0.3, -0.25) is 0 Å². The van der Waals surface area contributed by atoms with E-state index in [2.05, 4.69) is 79.8 Å². The molecule has 0 bridgehead atoms. The van der Waals surface area contributed by atoms with Crippen LogP contribution in [0, 0.1) is 5.41 Å². The van der Waals surface area contributed by atoms with Crippen molar-refractivity contribution in [2.24, 2.45) is 5.41 Å². The largest absolute Gasteiger partial charge is 0.0877 e. The Bertz CT molecular complexity index is 735. The van der Waals surface area contributed by atoms with Gasteiger partial charge in [-0.2, -0.15) is 0 Å². The van der Waals surface area contributed by atoms with Gasteiger partial charge >= 0.3 is 0 Å². The van der Waals surface area contributed by atoms with Gasteiger partial charge in [0, 0.05) is 5.41 Å². The summed E-state index contributed by atoms with van der Waals surface area (Å²) in [6.07, 6.45) is 22.8. The number of hydrogen-bond donors (Lipinski definition) is 0. The molecule has 0 saturated carbocycles. The van der Waals surface area contributed by atoms with Crippen molar-refractivity contribution >= 4 is 5.57 Å². The van der Waals surface area contributed by atoms with Gasteiger partial charge in [-0.15, -0.1) is 0 Å². The highest BCUT2D eigenvalue weighted by Gasteiger charge is 2.22. The Labute approximate surface area is 133 Å². The fraction of sp³-hybridized carbons (Fsp3) is 0.182. The number of fused-ring (bicyclic) bond motifs is 2. The van der Waals surface area contributed by atoms with Gasteiger partial charge in [-0.25, -0.2) is 0 Å². The highest BCUT2D eigenvalue weighted by Crippen LogP contribution is 2.38. The number of allylic oxidation sites excluding steroid dienone is 12. The van der Waals surface area contributed by atoms with Gasteiger partial charge in [0.1, 0.15) is 0 Å².